The second kappa shape index (κ2) is 8.01. The summed E-state index contributed by atoms with van der Waals surface area (Å²) in [6, 6.07) is 17.2. The summed E-state index contributed by atoms with van der Waals surface area (Å²) < 4.78 is 4.66. The molecule has 0 aliphatic heterocycles. The highest BCUT2D eigenvalue weighted by molar-refractivity contribution is 6.30. The van der Waals surface area contributed by atoms with E-state index in [9.17, 15) is 0 Å². The maximum Gasteiger partial charge on any atom is 0.242 e. The molecule has 0 aliphatic carbocycles. The smallest absolute Gasteiger partial charge is 0.242 e. The van der Waals surface area contributed by atoms with E-state index in [2.05, 4.69) is 76.2 Å². The number of aromatic nitrogens is 3. The molecule has 4 aromatic rings. The molecule has 0 saturated heterocycles. The van der Waals surface area contributed by atoms with E-state index in [1.165, 1.54) is 34.9 Å². The van der Waals surface area contributed by atoms with Crippen LogP contribution in [-0.2, 0) is 6.54 Å². The quantitative estimate of drug-likeness (QED) is 0.397. The van der Waals surface area contributed by atoms with Gasteiger partial charge >= 0.3 is 0 Å². The van der Waals surface area contributed by atoms with Crippen LogP contribution in [0.3, 0.4) is 0 Å². The predicted molar refractivity (Wildman–Crippen MR) is 111 cm³/mol. The first-order chi connectivity index (χ1) is 13.3. The minimum absolute atomic E-state index is 0.340. The minimum Gasteiger partial charge on any atom is -0.343 e. The summed E-state index contributed by atoms with van der Waals surface area (Å²) in [4.78, 5) is 3.20. The van der Waals surface area contributed by atoms with Crippen LogP contribution in [-0.4, -0.2) is 9.55 Å². The van der Waals surface area contributed by atoms with Crippen LogP contribution in [0.15, 0.2) is 73.4 Å². The number of benzene rings is 2. The molecule has 27 heavy (non-hydrogen) atoms. The number of hydrogen-bond acceptors (Lipinski definition) is 0. The number of H-pyrrole nitrogens is 1. The summed E-state index contributed by atoms with van der Waals surface area (Å²) in [6.07, 6.45) is 12.1. The molecule has 2 aromatic heterocycles. The van der Waals surface area contributed by atoms with Crippen LogP contribution in [0.5, 0.6) is 0 Å². The molecule has 1 atom stereocenters. The molecule has 1 unspecified atom stereocenters. The second-order valence-electron chi connectivity index (χ2n) is 7.07. The fourth-order valence-corrected chi connectivity index (χ4v) is 3.94. The van der Waals surface area contributed by atoms with E-state index in [1.807, 2.05) is 18.3 Å². The lowest BCUT2D eigenvalue weighted by atomic mass is 10.0. The highest BCUT2D eigenvalue weighted by Gasteiger charge is 2.22. The lowest BCUT2D eigenvalue weighted by Gasteiger charge is -2.13. The standard InChI is InChI=1S/C23H24ClN3/c1-2-3-7-23(26-14-13-25-17-26)21-16-27(22-8-5-4-6-20(21)22)15-18-9-11-19(24)12-10-18/h4-6,8-14,16-17,23H,2-3,7,15H2,1H3/p+1. The number of unbranched alkanes of at least 4 members (excludes halogenated alkanes) is 1. The number of rotatable bonds is 7. The van der Waals surface area contributed by atoms with Gasteiger partial charge in [-0.2, -0.15) is 0 Å². The molecule has 1 N–H and O–H groups in total. The van der Waals surface area contributed by atoms with Gasteiger partial charge in [0.1, 0.15) is 18.4 Å². The maximum atomic E-state index is 6.05. The molecule has 0 bridgehead atoms. The molecular formula is C23H25ClN3+. The SMILES string of the molecule is CCCCC(c1cn(Cc2ccc(Cl)cc2)c2ccccc12)[n+]1cc[nH]c1. The van der Waals surface area contributed by atoms with E-state index in [0.29, 0.717) is 6.04 Å². The van der Waals surface area contributed by atoms with Gasteiger partial charge in [0.15, 0.2) is 0 Å². The Morgan fingerprint density at radius 3 is 2.67 bits per heavy atom. The Morgan fingerprint density at radius 1 is 1.11 bits per heavy atom. The molecule has 3 nitrogen and oxygen atoms in total. The van der Waals surface area contributed by atoms with Crippen molar-refractivity contribution in [3.05, 3.63) is 89.6 Å². The van der Waals surface area contributed by atoms with Gasteiger partial charge in [-0.1, -0.05) is 55.3 Å². The zero-order valence-corrected chi connectivity index (χ0v) is 16.4. The number of fused-ring (bicyclic) bond motifs is 1. The summed E-state index contributed by atoms with van der Waals surface area (Å²) >= 11 is 6.05. The molecule has 0 aliphatic rings. The molecule has 2 aromatic carbocycles. The van der Waals surface area contributed by atoms with Crippen LogP contribution in [0.1, 0.15) is 43.4 Å². The number of imidazole rings is 1. The molecule has 0 amide bonds. The minimum atomic E-state index is 0.340. The number of hydrogen-bond donors (Lipinski definition) is 1. The van der Waals surface area contributed by atoms with Crippen molar-refractivity contribution < 1.29 is 4.57 Å². The maximum absolute atomic E-state index is 6.05. The van der Waals surface area contributed by atoms with Crippen LogP contribution < -0.4 is 4.57 Å². The molecular weight excluding hydrogens is 354 g/mol. The Balaban J connectivity index is 1.77. The lowest BCUT2D eigenvalue weighted by molar-refractivity contribution is -0.713. The molecule has 0 radical (unpaired) electrons. The molecule has 4 rings (SSSR count). The highest BCUT2D eigenvalue weighted by atomic mass is 35.5. The first-order valence-electron chi connectivity index (χ1n) is 9.62. The molecule has 138 valence electrons. The number of para-hydroxylation sites is 1. The summed E-state index contributed by atoms with van der Waals surface area (Å²) in [5.74, 6) is 0. The summed E-state index contributed by atoms with van der Waals surface area (Å²) in [7, 11) is 0. The predicted octanol–water partition coefficient (Wildman–Crippen LogP) is 5.74. The van der Waals surface area contributed by atoms with Crippen molar-refractivity contribution in [2.75, 3.05) is 0 Å². The number of aromatic amines is 1. The van der Waals surface area contributed by atoms with Crippen molar-refractivity contribution in [2.45, 2.75) is 38.8 Å². The van der Waals surface area contributed by atoms with Gasteiger partial charge in [0.25, 0.3) is 0 Å². The lowest BCUT2D eigenvalue weighted by Crippen LogP contribution is -2.37. The average molecular weight is 379 g/mol. The molecule has 0 fully saturated rings. The van der Waals surface area contributed by atoms with Crippen LogP contribution in [0.25, 0.3) is 10.9 Å². The monoisotopic (exact) mass is 378 g/mol. The summed E-state index contributed by atoms with van der Waals surface area (Å²) in [5.41, 5.74) is 3.92. The second-order valence-corrected chi connectivity index (χ2v) is 7.51. The van der Waals surface area contributed by atoms with E-state index >= 15 is 0 Å². The third-order valence-electron chi connectivity index (χ3n) is 5.20. The fourth-order valence-electron chi connectivity index (χ4n) is 3.82. The van der Waals surface area contributed by atoms with Crippen molar-refractivity contribution >= 4 is 22.5 Å². The number of halogens is 1. The van der Waals surface area contributed by atoms with Gasteiger partial charge in [-0.3, -0.25) is 4.98 Å². The summed E-state index contributed by atoms with van der Waals surface area (Å²) in [6.45, 7) is 3.10. The van der Waals surface area contributed by atoms with Gasteiger partial charge in [-0.25, -0.2) is 4.57 Å². The molecule has 0 spiro atoms. The topological polar surface area (TPSA) is 24.6 Å². The van der Waals surface area contributed by atoms with Crippen LogP contribution >= 0.6 is 11.6 Å². The normalized spacial score (nSPS) is 12.5. The van der Waals surface area contributed by atoms with Gasteiger partial charge < -0.3 is 4.57 Å². The third kappa shape index (κ3) is 3.79. The average Bonchev–Trinajstić information content (AvgIpc) is 3.34. The van der Waals surface area contributed by atoms with Gasteiger partial charge in [0.2, 0.25) is 6.33 Å². The zero-order valence-electron chi connectivity index (χ0n) is 15.6. The van der Waals surface area contributed by atoms with Gasteiger partial charge in [0.05, 0.1) is 0 Å². The van der Waals surface area contributed by atoms with Gasteiger partial charge in [0, 0.05) is 34.2 Å². The number of nitrogens with one attached hydrogen (secondary N) is 1. The van der Waals surface area contributed by atoms with E-state index in [0.717, 1.165) is 18.0 Å². The van der Waals surface area contributed by atoms with Gasteiger partial charge in [-0.05, 0) is 36.6 Å². The highest BCUT2D eigenvalue weighted by Crippen LogP contribution is 2.30. The third-order valence-corrected chi connectivity index (χ3v) is 5.45. The number of nitrogens with zero attached hydrogens (tertiary/aromatic N) is 2. The van der Waals surface area contributed by atoms with E-state index in [4.69, 9.17) is 11.6 Å². The Hall–Kier alpha value is -2.52. The van der Waals surface area contributed by atoms with Crippen LogP contribution in [0, 0.1) is 0 Å². The Labute approximate surface area is 165 Å². The zero-order chi connectivity index (χ0) is 18.6. The Bertz CT molecular complexity index is 1000. The summed E-state index contributed by atoms with van der Waals surface area (Å²) in [5, 5.41) is 2.11. The van der Waals surface area contributed by atoms with Crippen molar-refractivity contribution in [2.24, 2.45) is 0 Å². The van der Waals surface area contributed by atoms with E-state index in [-0.39, 0.29) is 0 Å². The first-order valence-corrected chi connectivity index (χ1v) is 10.00. The van der Waals surface area contributed by atoms with Crippen LogP contribution in [0.4, 0.5) is 0 Å². The van der Waals surface area contributed by atoms with Crippen molar-refractivity contribution in [1.29, 1.82) is 0 Å². The van der Waals surface area contributed by atoms with E-state index in [1.54, 1.807) is 0 Å². The largest absolute Gasteiger partial charge is 0.343 e. The van der Waals surface area contributed by atoms with Gasteiger partial charge in [-0.15, -0.1) is 0 Å². The van der Waals surface area contributed by atoms with Crippen molar-refractivity contribution in [3.63, 3.8) is 0 Å². The van der Waals surface area contributed by atoms with Crippen LogP contribution in [0.2, 0.25) is 5.02 Å². The Kier molecular flexibility index (Phi) is 5.30. The molecule has 0 saturated carbocycles. The fraction of sp³-hybridized carbons (Fsp3) is 0.261. The van der Waals surface area contributed by atoms with Crippen molar-refractivity contribution in [3.8, 4) is 0 Å². The van der Waals surface area contributed by atoms with Crippen molar-refractivity contribution in [1.82, 2.24) is 9.55 Å². The first kappa shape index (κ1) is 17.9. The van der Waals surface area contributed by atoms with E-state index < -0.39 is 0 Å². The molecule has 2 heterocycles. The molecule has 4 heteroatoms. The Morgan fingerprint density at radius 2 is 1.93 bits per heavy atom.